The van der Waals surface area contributed by atoms with Crippen molar-refractivity contribution in [1.82, 2.24) is 14.5 Å². The van der Waals surface area contributed by atoms with Gasteiger partial charge in [-0.25, -0.2) is 9.37 Å². The van der Waals surface area contributed by atoms with Gasteiger partial charge in [0.2, 0.25) is 0 Å². The lowest BCUT2D eigenvalue weighted by Crippen LogP contribution is -2.05. The maximum atomic E-state index is 13.8. The number of aromatic nitrogens is 3. The number of aliphatic hydroxyl groups is 1. The van der Waals surface area contributed by atoms with E-state index in [4.69, 9.17) is 4.98 Å². The first-order valence-corrected chi connectivity index (χ1v) is 13.1. The predicted octanol–water partition coefficient (Wildman–Crippen LogP) is 6.85. The highest BCUT2D eigenvalue weighted by Crippen LogP contribution is 2.34. The van der Waals surface area contributed by atoms with Gasteiger partial charge in [0.25, 0.3) is 0 Å². The molecule has 0 bridgehead atoms. The van der Waals surface area contributed by atoms with Crippen molar-refractivity contribution >= 4 is 0 Å². The van der Waals surface area contributed by atoms with E-state index in [-0.39, 0.29) is 12.4 Å². The van der Waals surface area contributed by atoms with Gasteiger partial charge in [-0.1, -0.05) is 56.0 Å². The summed E-state index contributed by atoms with van der Waals surface area (Å²) in [7, 11) is 0. The zero-order valence-electron chi connectivity index (χ0n) is 21.5. The quantitative estimate of drug-likeness (QED) is 0.183. The first kappa shape index (κ1) is 26.3. The Labute approximate surface area is 219 Å². The second-order valence-electron chi connectivity index (χ2n) is 9.15. The Morgan fingerprint density at radius 1 is 0.919 bits per heavy atom. The normalized spacial score (nSPS) is 10.8. The Morgan fingerprint density at radius 3 is 2.49 bits per heavy atom. The number of imidazole rings is 1. The Hall–Kier alpha value is -3.75. The molecule has 4 rings (SSSR count). The highest BCUT2D eigenvalue weighted by Gasteiger charge is 2.20. The molecule has 0 radical (unpaired) electrons. The molecule has 4 nitrogen and oxygen atoms in total. The average Bonchev–Trinajstić information content (AvgIpc) is 3.28. The second kappa shape index (κ2) is 13.5. The van der Waals surface area contributed by atoms with Gasteiger partial charge in [-0.05, 0) is 73.6 Å². The van der Waals surface area contributed by atoms with Gasteiger partial charge in [0, 0.05) is 36.0 Å². The third kappa shape index (κ3) is 7.15. The minimum Gasteiger partial charge on any atom is -0.395 e. The van der Waals surface area contributed by atoms with Crippen LogP contribution in [0.2, 0.25) is 0 Å². The van der Waals surface area contributed by atoms with Gasteiger partial charge in [-0.15, -0.1) is 0 Å². The van der Waals surface area contributed by atoms with Crippen LogP contribution in [0.15, 0.2) is 72.9 Å². The van der Waals surface area contributed by atoms with Crippen LogP contribution in [0.3, 0.4) is 0 Å². The van der Waals surface area contributed by atoms with Crippen molar-refractivity contribution in [2.24, 2.45) is 0 Å². The summed E-state index contributed by atoms with van der Waals surface area (Å²) in [6, 6.07) is 21.1. The van der Waals surface area contributed by atoms with Gasteiger partial charge in [-0.3, -0.25) is 4.98 Å². The van der Waals surface area contributed by atoms with E-state index in [2.05, 4.69) is 58.6 Å². The second-order valence-corrected chi connectivity index (χ2v) is 9.15. The van der Waals surface area contributed by atoms with E-state index >= 15 is 0 Å². The van der Waals surface area contributed by atoms with Crippen LogP contribution in [-0.4, -0.2) is 26.2 Å². The maximum absolute atomic E-state index is 13.8. The van der Waals surface area contributed by atoms with Crippen LogP contribution in [0.25, 0.3) is 22.5 Å². The molecule has 37 heavy (non-hydrogen) atoms. The maximum Gasteiger partial charge on any atom is 0.186 e. The number of rotatable bonds is 11. The average molecular weight is 496 g/mol. The van der Waals surface area contributed by atoms with Crippen molar-refractivity contribution < 1.29 is 9.50 Å². The van der Waals surface area contributed by atoms with E-state index in [1.54, 1.807) is 12.1 Å². The number of aliphatic hydroxyl groups excluding tert-OH is 1. The molecule has 0 aliphatic rings. The van der Waals surface area contributed by atoms with Crippen LogP contribution in [0, 0.1) is 17.7 Å². The first-order valence-electron chi connectivity index (χ1n) is 13.1. The third-order valence-corrected chi connectivity index (χ3v) is 6.34. The number of pyridine rings is 1. The molecular weight excluding hydrogens is 461 g/mol. The molecule has 0 fully saturated rings. The predicted molar refractivity (Wildman–Crippen MR) is 147 cm³/mol. The number of benzene rings is 2. The van der Waals surface area contributed by atoms with Gasteiger partial charge in [0.15, 0.2) is 5.82 Å². The van der Waals surface area contributed by atoms with Crippen LogP contribution in [-0.2, 0) is 19.4 Å². The number of hydrogen-bond acceptors (Lipinski definition) is 3. The van der Waals surface area contributed by atoms with Crippen molar-refractivity contribution in [3.05, 3.63) is 95.8 Å². The number of halogens is 1. The topological polar surface area (TPSA) is 50.9 Å². The summed E-state index contributed by atoms with van der Waals surface area (Å²) in [5, 5.41) is 9.27. The molecule has 0 aliphatic carbocycles. The van der Waals surface area contributed by atoms with E-state index in [0.29, 0.717) is 12.2 Å². The van der Waals surface area contributed by atoms with E-state index < -0.39 is 0 Å². The zero-order chi connectivity index (χ0) is 25.9. The summed E-state index contributed by atoms with van der Waals surface area (Å²) in [6.45, 7) is 2.94. The van der Waals surface area contributed by atoms with Gasteiger partial charge in [-0.2, -0.15) is 0 Å². The summed E-state index contributed by atoms with van der Waals surface area (Å²) in [5.41, 5.74) is 5.96. The summed E-state index contributed by atoms with van der Waals surface area (Å²) in [4.78, 5) is 9.57. The summed E-state index contributed by atoms with van der Waals surface area (Å²) < 4.78 is 15.9. The molecule has 0 aliphatic heterocycles. The minimum atomic E-state index is -0.280. The fourth-order valence-electron chi connectivity index (χ4n) is 4.47. The molecule has 2 aromatic carbocycles. The van der Waals surface area contributed by atoms with Crippen molar-refractivity contribution in [3.8, 4) is 34.4 Å². The SMILES string of the molecule is CCCCCc1cc(-c2c(-c3ccc(F)cc3)nc(C#CCCO)n2CCCc2ccccc2)ccn1. The molecule has 2 heterocycles. The van der Waals surface area contributed by atoms with Crippen molar-refractivity contribution in [1.29, 1.82) is 0 Å². The van der Waals surface area contributed by atoms with E-state index in [9.17, 15) is 9.50 Å². The van der Waals surface area contributed by atoms with E-state index in [0.717, 1.165) is 60.4 Å². The van der Waals surface area contributed by atoms with Gasteiger partial charge >= 0.3 is 0 Å². The Morgan fingerprint density at radius 2 is 1.73 bits per heavy atom. The summed E-state index contributed by atoms with van der Waals surface area (Å²) >= 11 is 0. The van der Waals surface area contributed by atoms with Crippen molar-refractivity contribution in [2.75, 3.05) is 6.61 Å². The molecular formula is C32H34FN3O. The van der Waals surface area contributed by atoms with Crippen LogP contribution in [0.1, 0.15) is 56.1 Å². The van der Waals surface area contributed by atoms with Crippen LogP contribution < -0.4 is 0 Å². The number of nitrogens with zero attached hydrogens (tertiary/aromatic N) is 3. The molecule has 0 saturated carbocycles. The van der Waals surface area contributed by atoms with Gasteiger partial charge < -0.3 is 9.67 Å². The monoisotopic (exact) mass is 495 g/mol. The molecule has 0 atom stereocenters. The summed E-state index contributed by atoms with van der Waals surface area (Å²) in [5.74, 6) is 6.60. The lowest BCUT2D eigenvalue weighted by molar-refractivity contribution is 0.305. The molecule has 0 saturated heterocycles. The Kier molecular flexibility index (Phi) is 9.62. The highest BCUT2D eigenvalue weighted by atomic mass is 19.1. The third-order valence-electron chi connectivity index (χ3n) is 6.34. The minimum absolute atomic E-state index is 0.00483. The molecule has 190 valence electrons. The molecule has 5 heteroatoms. The lowest BCUT2D eigenvalue weighted by Gasteiger charge is -2.13. The van der Waals surface area contributed by atoms with Gasteiger partial charge in [0.05, 0.1) is 18.0 Å². The number of unbranched alkanes of at least 4 members (excludes halogenated alkanes) is 2. The smallest absolute Gasteiger partial charge is 0.186 e. The molecule has 0 amide bonds. The van der Waals surface area contributed by atoms with Crippen molar-refractivity contribution in [3.63, 3.8) is 0 Å². The Balaban J connectivity index is 1.78. The molecule has 1 N–H and O–H groups in total. The Bertz CT molecular complexity index is 1330. The van der Waals surface area contributed by atoms with Crippen LogP contribution >= 0.6 is 0 Å². The molecule has 0 spiro atoms. The molecule has 0 unspecified atom stereocenters. The summed E-state index contributed by atoms with van der Waals surface area (Å²) in [6.07, 6.45) is 8.47. The first-order chi connectivity index (χ1) is 18.2. The largest absolute Gasteiger partial charge is 0.395 e. The lowest BCUT2D eigenvalue weighted by atomic mass is 10.0. The molecule has 2 aromatic heterocycles. The fraction of sp³-hybridized carbons (Fsp3) is 0.312. The standard InChI is InChI=1S/C32H34FN3O/c1-2-3-5-14-29-24-27(20-21-34-29)32-31(26-16-18-28(33)19-17-26)35-30(15-8-9-23-37)36(32)22-10-13-25-11-6-4-7-12-25/h4,6-7,11-12,16-21,24,37H,2-3,5,9-10,13-14,22-23H2,1H3. The zero-order valence-corrected chi connectivity index (χ0v) is 21.5. The van der Waals surface area contributed by atoms with E-state index in [1.807, 2.05) is 18.3 Å². The van der Waals surface area contributed by atoms with Crippen LogP contribution in [0.5, 0.6) is 0 Å². The van der Waals surface area contributed by atoms with Gasteiger partial charge in [0.1, 0.15) is 5.82 Å². The molecule has 4 aromatic rings. The highest BCUT2D eigenvalue weighted by molar-refractivity contribution is 5.79. The number of hydrogen-bond donors (Lipinski definition) is 1. The fourth-order valence-corrected chi connectivity index (χ4v) is 4.47. The number of aryl methyl sites for hydroxylation is 2. The van der Waals surface area contributed by atoms with Crippen LogP contribution in [0.4, 0.5) is 4.39 Å². The van der Waals surface area contributed by atoms with Crippen molar-refractivity contribution in [2.45, 2.75) is 58.4 Å². The van der Waals surface area contributed by atoms with E-state index in [1.165, 1.54) is 30.5 Å².